The molecule has 1 unspecified atom stereocenters. The van der Waals surface area contributed by atoms with Gasteiger partial charge in [-0.1, -0.05) is 42.4 Å². The number of azide groups is 1. The van der Waals surface area contributed by atoms with Crippen molar-refractivity contribution in [3.8, 4) is 6.01 Å². The van der Waals surface area contributed by atoms with Gasteiger partial charge in [-0.25, -0.2) is 0 Å². The molecular formula is C19H21N5O4. The van der Waals surface area contributed by atoms with Crippen LogP contribution < -0.4 is 10.3 Å². The van der Waals surface area contributed by atoms with Crippen LogP contribution in [0.2, 0.25) is 0 Å². The maximum atomic E-state index is 11.8. The van der Waals surface area contributed by atoms with E-state index in [1.54, 1.807) is 17.7 Å². The summed E-state index contributed by atoms with van der Waals surface area (Å²) in [6.45, 7) is 4.18. The van der Waals surface area contributed by atoms with Crippen molar-refractivity contribution in [3.05, 3.63) is 68.5 Å². The van der Waals surface area contributed by atoms with E-state index in [2.05, 4.69) is 15.0 Å². The predicted molar refractivity (Wildman–Crippen MR) is 99.8 cm³/mol. The zero-order valence-corrected chi connectivity index (χ0v) is 15.7. The highest BCUT2D eigenvalue weighted by atomic mass is 16.6. The Balaban J connectivity index is 1.55. The molecule has 2 aliphatic heterocycles. The Morgan fingerprint density at radius 1 is 1.46 bits per heavy atom. The maximum absolute atomic E-state index is 11.8. The van der Waals surface area contributed by atoms with E-state index >= 15 is 0 Å². The summed E-state index contributed by atoms with van der Waals surface area (Å²) in [6.07, 6.45) is 1.38. The fourth-order valence-electron chi connectivity index (χ4n) is 3.68. The van der Waals surface area contributed by atoms with Crippen LogP contribution in [0.4, 0.5) is 0 Å². The van der Waals surface area contributed by atoms with Gasteiger partial charge in [0, 0.05) is 23.1 Å². The molecule has 0 N–H and O–H groups in total. The van der Waals surface area contributed by atoms with Gasteiger partial charge in [-0.3, -0.25) is 9.36 Å². The number of hydrogen-bond acceptors (Lipinski definition) is 6. The van der Waals surface area contributed by atoms with Crippen LogP contribution in [0, 0.1) is 6.92 Å². The Morgan fingerprint density at radius 3 is 3.00 bits per heavy atom. The van der Waals surface area contributed by atoms with Gasteiger partial charge in [-0.15, -0.1) is 0 Å². The molecule has 1 aromatic heterocycles. The second-order valence-electron chi connectivity index (χ2n) is 7.21. The van der Waals surface area contributed by atoms with Gasteiger partial charge in [0.1, 0.15) is 11.7 Å². The fourth-order valence-corrected chi connectivity index (χ4v) is 3.68. The SMILES string of the molecule is Cc1cn2c(nc1=O)O[C@H]1C[C@](COCc3ccccc3)(C(C)N=[N+]=[N-])O[C@H]12. The highest BCUT2D eigenvalue weighted by molar-refractivity contribution is 5.17. The largest absolute Gasteiger partial charge is 0.456 e. The molecular weight excluding hydrogens is 362 g/mol. The molecule has 1 fully saturated rings. The molecule has 1 saturated heterocycles. The van der Waals surface area contributed by atoms with Crippen molar-refractivity contribution in [2.45, 2.75) is 50.8 Å². The number of aromatic nitrogens is 2. The first-order valence-corrected chi connectivity index (χ1v) is 9.12. The molecule has 2 aromatic rings. The van der Waals surface area contributed by atoms with E-state index in [1.165, 1.54) is 0 Å². The smallest absolute Gasteiger partial charge is 0.302 e. The van der Waals surface area contributed by atoms with Crippen LogP contribution in [0.3, 0.4) is 0 Å². The number of nitrogens with zero attached hydrogens (tertiary/aromatic N) is 5. The number of aryl methyl sites for hydroxylation is 1. The zero-order chi connectivity index (χ0) is 19.7. The van der Waals surface area contributed by atoms with E-state index in [1.807, 2.05) is 37.3 Å². The molecule has 0 aliphatic carbocycles. The minimum atomic E-state index is -0.828. The lowest BCUT2D eigenvalue weighted by Crippen LogP contribution is -2.44. The highest BCUT2D eigenvalue weighted by Gasteiger charge is 2.55. The van der Waals surface area contributed by atoms with E-state index in [9.17, 15) is 4.79 Å². The third kappa shape index (κ3) is 3.24. The molecule has 146 valence electrons. The van der Waals surface area contributed by atoms with Gasteiger partial charge in [0.2, 0.25) is 0 Å². The summed E-state index contributed by atoms with van der Waals surface area (Å²) >= 11 is 0. The normalized spacial score (nSPS) is 26.1. The summed E-state index contributed by atoms with van der Waals surface area (Å²) in [4.78, 5) is 18.7. The zero-order valence-electron chi connectivity index (χ0n) is 15.7. The van der Waals surface area contributed by atoms with Gasteiger partial charge in [-0.05, 0) is 18.0 Å². The third-order valence-electron chi connectivity index (χ3n) is 5.28. The van der Waals surface area contributed by atoms with Crippen LogP contribution >= 0.6 is 0 Å². The van der Waals surface area contributed by atoms with Crippen molar-refractivity contribution in [1.29, 1.82) is 0 Å². The van der Waals surface area contributed by atoms with Crippen molar-refractivity contribution in [2.24, 2.45) is 5.11 Å². The first-order chi connectivity index (χ1) is 13.5. The van der Waals surface area contributed by atoms with Gasteiger partial charge in [-0.2, -0.15) is 4.98 Å². The summed E-state index contributed by atoms with van der Waals surface area (Å²) < 4.78 is 19.9. The Hall–Kier alpha value is -2.87. The van der Waals surface area contributed by atoms with Crippen LogP contribution in [-0.2, 0) is 16.1 Å². The van der Waals surface area contributed by atoms with E-state index < -0.39 is 17.9 Å². The van der Waals surface area contributed by atoms with Gasteiger partial charge in [0.25, 0.3) is 5.56 Å². The van der Waals surface area contributed by atoms with Crippen LogP contribution in [0.5, 0.6) is 6.01 Å². The van der Waals surface area contributed by atoms with Crippen molar-refractivity contribution in [2.75, 3.05) is 6.61 Å². The van der Waals surface area contributed by atoms with Crippen molar-refractivity contribution >= 4 is 0 Å². The average Bonchev–Trinajstić information content (AvgIpc) is 3.19. The van der Waals surface area contributed by atoms with Gasteiger partial charge in [0.15, 0.2) is 6.23 Å². The van der Waals surface area contributed by atoms with Crippen LogP contribution in [-0.4, -0.2) is 33.9 Å². The Labute approximate surface area is 161 Å². The second-order valence-corrected chi connectivity index (χ2v) is 7.21. The topological polar surface area (TPSA) is 111 Å². The number of benzene rings is 1. The average molecular weight is 383 g/mol. The van der Waals surface area contributed by atoms with Gasteiger partial charge >= 0.3 is 6.01 Å². The van der Waals surface area contributed by atoms with Gasteiger partial charge in [0.05, 0.1) is 19.3 Å². The number of fused-ring (bicyclic) bond motifs is 3. The van der Waals surface area contributed by atoms with Crippen LogP contribution in [0.15, 0.2) is 46.4 Å². The molecule has 2 aliphatic rings. The Kier molecular flexibility index (Phi) is 4.80. The van der Waals surface area contributed by atoms with E-state index in [-0.39, 0.29) is 24.3 Å². The summed E-state index contributed by atoms with van der Waals surface area (Å²) in [6, 6.07) is 9.62. The molecule has 28 heavy (non-hydrogen) atoms. The first-order valence-electron chi connectivity index (χ1n) is 9.12. The van der Waals surface area contributed by atoms with Crippen molar-refractivity contribution in [1.82, 2.24) is 9.55 Å². The second kappa shape index (κ2) is 7.27. The monoisotopic (exact) mass is 383 g/mol. The van der Waals surface area contributed by atoms with Crippen molar-refractivity contribution < 1.29 is 14.2 Å². The molecule has 0 amide bonds. The lowest BCUT2D eigenvalue weighted by molar-refractivity contribution is -0.124. The molecule has 9 nitrogen and oxygen atoms in total. The molecule has 1 aromatic carbocycles. The van der Waals surface area contributed by atoms with E-state index in [4.69, 9.17) is 19.7 Å². The minimum absolute atomic E-state index is 0.250. The standard InChI is InChI=1S/C19H21N5O4/c1-12-9-24-17-15(27-18(24)21-16(12)25)8-19(28-17,13(2)22-23-20)11-26-10-14-6-4-3-5-7-14/h3-7,9,13,15,17H,8,10-11H2,1-2H3/t13?,15-,17+,19-/m0/s1. The summed E-state index contributed by atoms with van der Waals surface area (Å²) in [7, 11) is 0. The summed E-state index contributed by atoms with van der Waals surface area (Å²) in [5.41, 5.74) is 9.34. The number of ether oxygens (including phenoxy) is 3. The van der Waals surface area contributed by atoms with Crippen LogP contribution in [0.1, 0.15) is 30.7 Å². The Bertz CT molecular complexity index is 972. The lowest BCUT2D eigenvalue weighted by atomic mass is 9.92. The molecule has 0 saturated carbocycles. The summed E-state index contributed by atoms with van der Waals surface area (Å²) in [5, 5.41) is 3.86. The highest BCUT2D eigenvalue weighted by Crippen LogP contribution is 2.46. The fraction of sp³-hybridized carbons (Fsp3) is 0.474. The maximum Gasteiger partial charge on any atom is 0.302 e. The molecule has 0 bridgehead atoms. The van der Waals surface area contributed by atoms with E-state index in [0.29, 0.717) is 18.6 Å². The quantitative estimate of drug-likeness (QED) is 0.432. The first kappa shape index (κ1) is 18.5. The Morgan fingerprint density at radius 2 is 2.25 bits per heavy atom. The molecule has 3 heterocycles. The molecule has 0 radical (unpaired) electrons. The summed E-state index contributed by atoms with van der Waals surface area (Å²) in [5.74, 6) is 0. The van der Waals surface area contributed by atoms with Gasteiger partial charge < -0.3 is 14.2 Å². The minimum Gasteiger partial charge on any atom is -0.456 e. The molecule has 9 heteroatoms. The molecule has 0 spiro atoms. The number of hydrogen-bond donors (Lipinski definition) is 0. The van der Waals surface area contributed by atoms with Crippen molar-refractivity contribution in [3.63, 3.8) is 0 Å². The predicted octanol–water partition coefficient (Wildman–Crippen LogP) is 2.89. The molecule has 4 atom stereocenters. The third-order valence-corrected chi connectivity index (χ3v) is 5.28. The van der Waals surface area contributed by atoms with E-state index in [0.717, 1.165) is 5.56 Å². The number of rotatable bonds is 6. The molecule has 4 rings (SSSR count). The lowest BCUT2D eigenvalue weighted by Gasteiger charge is -2.33. The van der Waals surface area contributed by atoms with Crippen LogP contribution in [0.25, 0.3) is 10.4 Å².